The minimum absolute atomic E-state index is 0.0793. The summed E-state index contributed by atoms with van der Waals surface area (Å²) in [5.41, 5.74) is 4.47. The first kappa shape index (κ1) is 37.6. The SMILES string of the molecule is CC(C)N(C(=O)C(CCC(N)=O)NC(=O)OC(C)(C)C)C(C(=O)NC(Cc1ccccc1)C(=O)OC(C)(C)C)c1ccccc1O. The highest BCUT2D eigenvalue weighted by molar-refractivity contribution is 5.94. The van der Waals surface area contributed by atoms with Crippen LogP contribution in [0.2, 0.25) is 0 Å². The fraction of sp³-hybridized carbons (Fsp3) is 0.500. The van der Waals surface area contributed by atoms with Gasteiger partial charge in [-0.05, 0) is 73.4 Å². The van der Waals surface area contributed by atoms with Gasteiger partial charge in [-0.25, -0.2) is 9.59 Å². The summed E-state index contributed by atoms with van der Waals surface area (Å²) in [4.78, 5) is 67.6. The highest BCUT2D eigenvalue weighted by Gasteiger charge is 2.40. The van der Waals surface area contributed by atoms with Crippen molar-refractivity contribution >= 4 is 29.8 Å². The second-order valence-electron chi connectivity index (χ2n) is 13.3. The summed E-state index contributed by atoms with van der Waals surface area (Å²) in [5.74, 6) is -3.17. The van der Waals surface area contributed by atoms with Gasteiger partial charge in [0.05, 0.1) is 0 Å². The van der Waals surface area contributed by atoms with Crippen LogP contribution in [0.5, 0.6) is 5.75 Å². The molecule has 0 bridgehead atoms. The third kappa shape index (κ3) is 12.1. The molecular weight excluding hydrogens is 592 g/mol. The normalized spacial score (nSPS) is 13.6. The Hall–Kier alpha value is -4.61. The number of nitrogens with two attached hydrogens (primary N) is 1. The van der Waals surface area contributed by atoms with Crippen molar-refractivity contribution in [3.63, 3.8) is 0 Å². The number of benzene rings is 2. The first-order valence-electron chi connectivity index (χ1n) is 15.2. The van der Waals surface area contributed by atoms with Crippen LogP contribution in [0.25, 0.3) is 0 Å². The van der Waals surface area contributed by atoms with Crippen molar-refractivity contribution in [2.45, 2.75) is 110 Å². The number of nitrogens with one attached hydrogen (secondary N) is 2. The lowest BCUT2D eigenvalue weighted by atomic mass is 9.98. The molecule has 3 unspecified atom stereocenters. The molecule has 46 heavy (non-hydrogen) atoms. The van der Waals surface area contributed by atoms with Crippen LogP contribution in [-0.2, 0) is 35.1 Å². The van der Waals surface area contributed by atoms with Crippen LogP contribution >= 0.6 is 0 Å². The molecule has 0 aliphatic carbocycles. The maximum atomic E-state index is 14.3. The number of carbonyl (C=O) groups excluding carboxylic acids is 5. The fourth-order valence-corrected chi connectivity index (χ4v) is 4.66. The predicted octanol–water partition coefficient (Wildman–Crippen LogP) is 3.90. The molecule has 2 aromatic rings. The Bertz CT molecular complexity index is 1370. The van der Waals surface area contributed by atoms with E-state index in [4.69, 9.17) is 15.2 Å². The highest BCUT2D eigenvalue weighted by Crippen LogP contribution is 2.32. The zero-order valence-electron chi connectivity index (χ0n) is 28.0. The second kappa shape index (κ2) is 16.1. The average Bonchev–Trinajstić information content (AvgIpc) is 2.92. The van der Waals surface area contributed by atoms with Crippen LogP contribution in [0.3, 0.4) is 0 Å². The van der Waals surface area contributed by atoms with Gasteiger partial charge < -0.3 is 35.8 Å². The molecule has 0 aliphatic heterocycles. The van der Waals surface area contributed by atoms with Crippen LogP contribution in [-0.4, -0.2) is 69.1 Å². The Morgan fingerprint density at radius 2 is 1.39 bits per heavy atom. The van der Waals surface area contributed by atoms with Gasteiger partial charge in [-0.1, -0.05) is 48.5 Å². The summed E-state index contributed by atoms with van der Waals surface area (Å²) >= 11 is 0. The summed E-state index contributed by atoms with van der Waals surface area (Å²) in [7, 11) is 0. The largest absolute Gasteiger partial charge is 0.508 e. The Labute approximate surface area is 271 Å². The van der Waals surface area contributed by atoms with Crippen LogP contribution in [0.4, 0.5) is 4.79 Å². The molecule has 0 saturated carbocycles. The van der Waals surface area contributed by atoms with E-state index in [1.165, 1.54) is 17.0 Å². The van der Waals surface area contributed by atoms with Crippen LogP contribution in [0, 0.1) is 0 Å². The molecule has 12 heteroatoms. The highest BCUT2D eigenvalue weighted by atomic mass is 16.6. The lowest BCUT2D eigenvalue weighted by Gasteiger charge is -2.38. The van der Waals surface area contributed by atoms with Crippen molar-refractivity contribution in [2.24, 2.45) is 5.73 Å². The van der Waals surface area contributed by atoms with E-state index in [-0.39, 0.29) is 30.6 Å². The molecule has 5 N–H and O–H groups in total. The van der Waals surface area contributed by atoms with Gasteiger partial charge in [-0.2, -0.15) is 0 Å². The molecule has 2 rings (SSSR count). The van der Waals surface area contributed by atoms with E-state index in [1.54, 1.807) is 91.8 Å². The monoisotopic (exact) mass is 640 g/mol. The number of phenols is 1. The number of phenolic OH excluding ortho intramolecular Hbond substituents is 1. The molecule has 0 fully saturated rings. The van der Waals surface area contributed by atoms with Crippen molar-refractivity contribution in [2.75, 3.05) is 0 Å². The minimum Gasteiger partial charge on any atom is -0.508 e. The summed E-state index contributed by atoms with van der Waals surface area (Å²) in [6.07, 6.45) is -1.24. The summed E-state index contributed by atoms with van der Waals surface area (Å²) in [6.45, 7) is 13.4. The van der Waals surface area contributed by atoms with E-state index in [0.717, 1.165) is 5.56 Å². The predicted molar refractivity (Wildman–Crippen MR) is 172 cm³/mol. The molecule has 0 spiro atoms. The quantitative estimate of drug-likeness (QED) is 0.238. The molecule has 252 valence electrons. The van der Waals surface area contributed by atoms with Crippen LogP contribution < -0.4 is 16.4 Å². The molecule has 0 heterocycles. The number of primary amides is 1. The Morgan fingerprint density at radius 1 is 0.826 bits per heavy atom. The smallest absolute Gasteiger partial charge is 0.408 e. The Balaban J connectivity index is 2.61. The van der Waals surface area contributed by atoms with Crippen molar-refractivity contribution < 1.29 is 38.6 Å². The molecular formula is C34H48N4O8. The number of alkyl carbamates (subject to hydrolysis) is 1. The number of para-hydroxylation sites is 1. The van der Waals surface area contributed by atoms with Gasteiger partial charge in [-0.3, -0.25) is 14.4 Å². The second-order valence-corrected chi connectivity index (χ2v) is 13.3. The van der Waals surface area contributed by atoms with E-state index < -0.39 is 65.2 Å². The number of carbonyl (C=O) groups is 5. The lowest BCUT2D eigenvalue weighted by Crippen LogP contribution is -2.56. The van der Waals surface area contributed by atoms with Crippen molar-refractivity contribution in [3.8, 4) is 5.75 Å². The molecule has 0 aromatic heterocycles. The van der Waals surface area contributed by atoms with E-state index in [2.05, 4.69) is 10.6 Å². The van der Waals surface area contributed by atoms with Crippen LogP contribution in [0.1, 0.15) is 85.4 Å². The average molecular weight is 641 g/mol. The molecule has 12 nitrogen and oxygen atoms in total. The summed E-state index contributed by atoms with van der Waals surface area (Å²) < 4.78 is 11.0. The summed E-state index contributed by atoms with van der Waals surface area (Å²) in [6, 6.07) is 10.4. The number of nitrogens with zero attached hydrogens (tertiary/aromatic N) is 1. The number of rotatable bonds is 13. The van der Waals surface area contributed by atoms with Gasteiger partial charge in [-0.15, -0.1) is 0 Å². The topological polar surface area (TPSA) is 177 Å². The van der Waals surface area contributed by atoms with Gasteiger partial charge in [0.1, 0.15) is 35.1 Å². The maximum absolute atomic E-state index is 14.3. The van der Waals surface area contributed by atoms with Gasteiger partial charge in [0, 0.05) is 24.4 Å². The van der Waals surface area contributed by atoms with E-state index >= 15 is 0 Å². The standard InChI is InChI=1S/C34H48N4O8/c1-21(2)38(30(42)24(18-19-27(35)40)37-32(44)46-34(6,7)8)28(23-16-12-13-17-26(23)39)29(41)36-25(31(43)45-33(3,4)5)20-22-14-10-9-11-15-22/h9-17,21,24-25,28,39H,18-20H2,1-8H3,(H2,35,40)(H,36,41)(H,37,44). The molecule has 3 atom stereocenters. The number of amides is 4. The first-order chi connectivity index (χ1) is 21.3. The number of esters is 1. The fourth-order valence-electron chi connectivity index (χ4n) is 4.66. The molecule has 2 aromatic carbocycles. The van der Waals surface area contributed by atoms with Gasteiger partial charge in [0.25, 0.3) is 0 Å². The lowest BCUT2D eigenvalue weighted by molar-refractivity contribution is -0.159. The van der Waals surface area contributed by atoms with E-state index in [1.807, 2.05) is 6.07 Å². The first-order valence-corrected chi connectivity index (χ1v) is 15.2. The molecule has 4 amide bonds. The van der Waals surface area contributed by atoms with Crippen molar-refractivity contribution in [1.29, 1.82) is 0 Å². The summed E-state index contributed by atoms with van der Waals surface area (Å²) in [5, 5.41) is 16.2. The van der Waals surface area contributed by atoms with E-state index in [9.17, 15) is 29.1 Å². The number of ether oxygens (including phenoxy) is 2. The van der Waals surface area contributed by atoms with Crippen molar-refractivity contribution in [1.82, 2.24) is 15.5 Å². The maximum Gasteiger partial charge on any atom is 0.408 e. The number of hydrogen-bond donors (Lipinski definition) is 4. The Morgan fingerprint density at radius 3 is 1.91 bits per heavy atom. The Kier molecular flexibility index (Phi) is 13.2. The zero-order chi connectivity index (χ0) is 34.8. The van der Waals surface area contributed by atoms with Gasteiger partial charge in [0.15, 0.2) is 0 Å². The van der Waals surface area contributed by atoms with Crippen molar-refractivity contribution in [3.05, 3.63) is 65.7 Å². The third-order valence-corrected chi connectivity index (χ3v) is 6.53. The minimum atomic E-state index is -1.47. The third-order valence-electron chi connectivity index (χ3n) is 6.53. The van der Waals surface area contributed by atoms with Crippen LogP contribution in [0.15, 0.2) is 54.6 Å². The number of aromatic hydroxyl groups is 1. The molecule has 0 aliphatic rings. The van der Waals surface area contributed by atoms with Gasteiger partial charge >= 0.3 is 12.1 Å². The molecule has 0 saturated heterocycles. The van der Waals surface area contributed by atoms with Gasteiger partial charge in [0.2, 0.25) is 17.7 Å². The van der Waals surface area contributed by atoms with E-state index in [0.29, 0.717) is 0 Å². The molecule has 0 radical (unpaired) electrons. The number of hydrogen-bond acceptors (Lipinski definition) is 8. The zero-order valence-corrected chi connectivity index (χ0v) is 28.0.